The number of nitrogens with zero attached hydrogens (tertiary/aromatic N) is 2. The van der Waals surface area contributed by atoms with E-state index in [0.29, 0.717) is 40.6 Å². The standard InChI is InChI=1S/C23H23ClN2O3S/c1-4-13-29-20-12-7-16(14-19(20)24)15-21-22(27)26(5-2)23(30-21)25-17-8-10-18(11-9-17)28-6-3/h4,7-12,14-15H,1,5-6,13H2,2-3H3/b21-15+,25-23?. The third kappa shape index (κ3) is 5.26. The number of thioether (sulfide) groups is 1. The molecule has 1 fully saturated rings. The lowest BCUT2D eigenvalue weighted by Crippen LogP contribution is -2.28. The van der Waals surface area contributed by atoms with Gasteiger partial charge in [0.15, 0.2) is 5.17 Å². The molecule has 0 spiro atoms. The zero-order valence-electron chi connectivity index (χ0n) is 16.9. The summed E-state index contributed by atoms with van der Waals surface area (Å²) < 4.78 is 11.0. The molecule has 156 valence electrons. The van der Waals surface area contributed by atoms with Crippen LogP contribution in [0.1, 0.15) is 19.4 Å². The highest BCUT2D eigenvalue weighted by molar-refractivity contribution is 8.18. The summed E-state index contributed by atoms with van der Waals surface area (Å²) in [7, 11) is 0. The number of ether oxygens (including phenoxy) is 2. The number of hydrogen-bond acceptors (Lipinski definition) is 5. The van der Waals surface area contributed by atoms with Crippen molar-refractivity contribution in [3.8, 4) is 11.5 Å². The van der Waals surface area contributed by atoms with E-state index < -0.39 is 0 Å². The lowest BCUT2D eigenvalue weighted by atomic mass is 10.2. The molecule has 0 aliphatic carbocycles. The van der Waals surface area contributed by atoms with Crippen molar-refractivity contribution in [2.45, 2.75) is 13.8 Å². The van der Waals surface area contributed by atoms with Gasteiger partial charge in [0.1, 0.15) is 18.1 Å². The molecule has 0 N–H and O–H groups in total. The molecule has 1 heterocycles. The van der Waals surface area contributed by atoms with E-state index in [1.54, 1.807) is 23.1 Å². The summed E-state index contributed by atoms with van der Waals surface area (Å²) in [4.78, 5) is 19.8. The smallest absolute Gasteiger partial charge is 0.266 e. The lowest BCUT2D eigenvalue weighted by molar-refractivity contribution is -0.122. The molecule has 0 unspecified atom stereocenters. The first-order valence-corrected chi connectivity index (χ1v) is 10.8. The van der Waals surface area contributed by atoms with E-state index >= 15 is 0 Å². The predicted octanol–water partition coefficient (Wildman–Crippen LogP) is 5.93. The van der Waals surface area contributed by atoms with Crippen molar-refractivity contribution in [3.63, 3.8) is 0 Å². The number of hydrogen-bond donors (Lipinski definition) is 0. The molecule has 5 nitrogen and oxygen atoms in total. The van der Waals surface area contributed by atoms with Crippen LogP contribution in [0.15, 0.2) is 65.0 Å². The largest absolute Gasteiger partial charge is 0.494 e. The molecule has 2 aromatic carbocycles. The van der Waals surface area contributed by atoms with Crippen LogP contribution in [0.2, 0.25) is 5.02 Å². The molecule has 2 aromatic rings. The minimum Gasteiger partial charge on any atom is -0.494 e. The number of likely N-dealkylation sites (N-methyl/N-ethyl adjacent to an activating group) is 1. The fourth-order valence-corrected chi connectivity index (χ4v) is 4.09. The number of carbonyl (C=O) groups excluding carboxylic acids is 1. The van der Waals surface area contributed by atoms with Crippen molar-refractivity contribution in [2.75, 3.05) is 19.8 Å². The van der Waals surface area contributed by atoms with Crippen molar-refractivity contribution in [3.05, 3.63) is 70.6 Å². The highest BCUT2D eigenvalue weighted by atomic mass is 35.5. The first-order valence-electron chi connectivity index (χ1n) is 9.62. The van der Waals surface area contributed by atoms with E-state index in [9.17, 15) is 4.79 Å². The molecule has 30 heavy (non-hydrogen) atoms. The minimum atomic E-state index is -0.0738. The average Bonchev–Trinajstić information content (AvgIpc) is 3.03. The van der Waals surface area contributed by atoms with Crippen LogP contribution in [-0.2, 0) is 4.79 Å². The van der Waals surface area contributed by atoms with E-state index in [1.807, 2.05) is 50.3 Å². The summed E-state index contributed by atoms with van der Waals surface area (Å²) in [5, 5.41) is 1.13. The Kier molecular flexibility index (Phi) is 7.60. The third-order valence-corrected chi connectivity index (χ3v) is 5.49. The van der Waals surface area contributed by atoms with E-state index in [2.05, 4.69) is 11.6 Å². The minimum absolute atomic E-state index is 0.0738. The Morgan fingerprint density at radius 3 is 2.57 bits per heavy atom. The van der Waals surface area contributed by atoms with E-state index in [4.69, 9.17) is 21.1 Å². The molecular formula is C23H23ClN2O3S. The fraction of sp³-hybridized carbons (Fsp3) is 0.217. The zero-order valence-corrected chi connectivity index (χ0v) is 18.5. The monoisotopic (exact) mass is 442 g/mol. The Bertz CT molecular complexity index is 986. The number of carbonyl (C=O) groups is 1. The maximum Gasteiger partial charge on any atom is 0.266 e. The molecule has 0 atom stereocenters. The van der Waals surface area contributed by atoms with Gasteiger partial charge in [0.05, 0.1) is 22.2 Å². The van der Waals surface area contributed by atoms with Crippen LogP contribution in [0.25, 0.3) is 6.08 Å². The SMILES string of the molecule is C=CCOc1ccc(/C=C2/SC(=Nc3ccc(OCC)cc3)N(CC)C2=O)cc1Cl. The predicted molar refractivity (Wildman–Crippen MR) is 125 cm³/mol. The van der Waals surface area contributed by atoms with Gasteiger partial charge in [0, 0.05) is 6.54 Å². The number of rotatable bonds is 8. The number of benzene rings is 2. The van der Waals surface area contributed by atoms with Gasteiger partial charge in [0.25, 0.3) is 5.91 Å². The van der Waals surface area contributed by atoms with Crippen molar-refractivity contribution < 1.29 is 14.3 Å². The third-order valence-electron chi connectivity index (χ3n) is 4.19. The number of amides is 1. The van der Waals surface area contributed by atoms with Crippen molar-refractivity contribution in [2.24, 2.45) is 4.99 Å². The highest BCUT2D eigenvalue weighted by Crippen LogP contribution is 2.35. The summed E-state index contributed by atoms with van der Waals surface area (Å²) >= 11 is 7.64. The van der Waals surface area contributed by atoms with Gasteiger partial charge < -0.3 is 9.47 Å². The summed E-state index contributed by atoms with van der Waals surface area (Å²) in [5.74, 6) is 1.30. The topological polar surface area (TPSA) is 51.1 Å². The van der Waals surface area contributed by atoms with Gasteiger partial charge in [-0.05, 0) is 73.6 Å². The summed E-state index contributed by atoms with van der Waals surface area (Å²) in [5.41, 5.74) is 1.58. The fourth-order valence-electron chi connectivity index (χ4n) is 2.79. The van der Waals surface area contributed by atoms with E-state index in [0.717, 1.165) is 17.0 Å². The second kappa shape index (κ2) is 10.4. The van der Waals surface area contributed by atoms with Crippen LogP contribution in [0.4, 0.5) is 5.69 Å². The first kappa shape index (κ1) is 22.0. The van der Waals surface area contributed by atoms with Gasteiger partial charge in [-0.15, -0.1) is 0 Å². The molecule has 0 saturated carbocycles. The summed E-state index contributed by atoms with van der Waals surface area (Å²) in [6.07, 6.45) is 3.48. The zero-order chi connectivity index (χ0) is 21.5. The molecule has 7 heteroatoms. The van der Waals surface area contributed by atoms with Crippen molar-refractivity contribution >= 4 is 46.2 Å². The van der Waals surface area contributed by atoms with Crippen molar-refractivity contribution in [1.82, 2.24) is 4.90 Å². The lowest BCUT2D eigenvalue weighted by Gasteiger charge is -2.12. The maximum atomic E-state index is 12.8. The number of amidine groups is 1. The Labute approximate surface area is 186 Å². The first-order chi connectivity index (χ1) is 14.5. The van der Waals surface area contributed by atoms with Crippen molar-refractivity contribution in [1.29, 1.82) is 0 Å². The molecule has 0 bridgehead atoms. The van der Waals surface area contributed by atoms with Crippen LogP contribution in [0.5, 0.6) is 11.5 Å². The van der Waals surface area contributed by atoms with Crippen LogP contribution < -0.4 is 9.47 Å². The van der Waals surface area contributed by atoms with E-state index in [-0.39, 0.29) is 5.91 Å². The van der Waals surface area contributed by atoms with Crippen LogP contribution in [0.3, 0.4) is 0 Å². The molecule has 0 aromatic heterocycles. The highest BCUT2D eigenvalue weighted by Gasteiger charge is 2.32. The second-order valence-corrected chi connectivity index (χ2v) is 7.69. The van der Waals surface area contributed by atoms with Gasteiger partial charge in [-0.2, -0.15) is 0 Å². The Morgan fingerprint density at radius 1 is 1.17 bits per heavy atom. The van der Waals surface area contributed by atoms with Gasteiger partial charge in [-0.25, -0.2) is 4.99 Å². The Hall–Kier alpha value is -2.70. The van der Waals surface area contributed by atoms with Gasteiger partial charge in [-0.3, -0.25) is 9.69 Å². The Morgan fingerprint density at radius 2 is 1.93 bits per heavy atom. The van der Waals surface area contributed by atoms with Crippen LogP contribution >= 0.6 is 23.4 Å². The van der Waals surface area contributed by atoms with Crippen LogP contribution in [0, 0.1) is 0 Å². The number of halogens is 1. The molecule has 3 rings (SSSR count). The maximum absolute atomic E-state index is 12.8. The molecule has 1 aliphatic heterocycles. The second-order valence-electron chi connectivity index (χ2n) is 6.27. The van der Waals surface area contributed by atoms with E-state index in [1.165, 1.54) is 11.8 Å². The van der Waals surface area contributed by atoms with Gasteiger partial charge >= 0.3 is 0 Å². The van der Waals surface area contributed by atoms with Gasteiger partial charge in [-0.1, -0.05) is 30.3 Å². The summed E-state index contributed by atoms with van der Waals surface area (Å²) in [6.45, 7) is 9.02. The Balaban J connectivity index is 1.82. The van der Waals surface area contributed by atoms with Gasteiger partial charge in [0.2, 0.25) is 0 Å². The molecule has 1 saturated heterocycles. The number of aliphatic imine (C=N–C) groups is 1. The van der Waals surface area contributed by atoms with Crippen LogP contribution in [-0.4, -0.2) is 35.7 Å². The molecule has 0 radical (unpaired) electrons. The molecule has 1 amide bonds. The summed E-state index contributed by atoms with van der Waals surface area (Å²) in [6, 6.07) is 12.9. The average molecular weight is 443 g/mol. The quantitative estimate of drug-likeness (QED) is 0.375. The normalized spacial score (nSPS) is 16.4. The molecular weight excluding hydrogens is 420 g/mol. The molecule has 1 aliphatic rings.